The zero-order valence-electron chi connectivity index (χ0n) is 9.42. The van der Waals surface area contributed by atoms with Gasteiger partial charge in [0.2, 0.25) is 0 Å². The quantitative estimate of drug-likeness (QED) is 0.864. The lowest BCUT2D eigenvalue weighted by Gasteiger charge is -2.36. The number of ether oxygens (including phenoxy) is 1. The minimum Gasteiger partial charge on any atom is -0.381 e. The highest BCUT2D eigenvalue weighted by Crippen LogP contribution is 2.33. The van der Waals surface area contributed by atoms with Crippen LogP contribution in [0.15, 0.2) is 24.3 Å². The molecule has 0 amide bonds. The van der Waals surface area contributed by atoms with Crippen molar-refractivity contribution in [3.05, 3.63) is 33.4 Å². The standard InChI is InChI=1S/C13H18INO/c14-12-3-1-11(2-4-12)9-13(10-15)5-7-16-8-6-13/h1-4H,5-10,15H2. The van der Waals surface area contributed by atoms with Crippen LogP contribution in [0.4, 0.5) is 0 Å². The fraction of sp³-hybridized carbons (Fsp3) is 0.538. The molecule has 88 valence electrons. The van der Waals surface area contributed by atoms with Crippen LogP contribution >= 0.6 is 22.6 Å². The number of halogens is 1. The molecule has 0 atom stereocenters. The van der Waals surface area contributed by atoms with Gasteiger partial charge < -0.3 is 10.5 Å². The number of nitrogens with two attached hydrogens (primary N) is 1. The second-order valence-corrected chi connectivity index (χ2v) is 5.87. The summed E-state index contributed by atoms with van der Waals surface area (Å²) < 4.78 is 6.71. The molecule has 1 aliphatic rings. The summed E-state index contributed by atoms with van der Waals surface area (Å²) in [4.78, 5) is 0. The molecule has 0 unspecified atom stereocenters. The molecule has 1 saturated heterocycles. The molecule has 1 aromatic carbocycles. The van der Waals surface area contributed by atoms with Crippen molar-refractivity contribution in [3.8, 4) is 0 Å². The summed E-state index contributed by atoms with van der Waals surface area (Å²) in [5.74, 6) is 0. The molecule has 0 spiro atoms. The summed E-state index contributed by atoms with van der Waals surface area (Å²) in [5, 5.41) is 0. The highest BCUT2D eigenvalue weighted by Gasteiger charge is 2.31. The molecule has 2 nitrogen and oxygen atoms in total. The number of hydrogen-bond donors (Lipinski definition) is 1. The van der Waals surface area contributed by atoms with Crippen molar-refractivity contribution < 1.29 is 4.74 Å². The Labute approximate surface area is 111 Å². The van der Waals surface area contributed by atoms with E-state index in [2.05, 4.69) is 46.9 Å². The second-order valence-electron chi connectivity index (χ2n) is 4.62. The van der Waals surface area contributed by atoms with Crippen molar-refractivity contribution in [2.75, 3.05) is 19.8 Å². The molecule has 1 heterocycles. The lowest BCUT2D eigenvalue weighted by Crippen LogP contribution is -2.38. The van der Waals surface area contributed by atoms with Gasteiger partial charge in [0.1, 0.15) is 0 Å². The summed E-state index contributed by atoms with van der Waals surface area (Å²) in [6.07, 6.45) is 3.27. The van der Waals surface area contributed by atoms with Crippen LogP contribution in [-0.4, -0.2) is 19.8 Å². The number of benzene rings is 1. The number of rotatable bonds is 3. The molecule has 2 rings (SSSR count). The van der Waals surface area contributed by atoms with Crippen molar-refractivity contribution in [2.24, 2.45) is 11.1 Å². The van der Waals surface area contributed by atoms with Crippen molar-refractivity contribution in [2.45, 2.75) is 19.3 Å². The third kappa shape index (κ3) is 2.96. The van der Waals surface area contributed by atoms with Crippen LogP contribution in [0.1, 0.15) is 18.4 Å². The van der Waals surface area contributed by atoms with E-state index in [0.717, 1.165) is 39.0 Å². The van der Waals surface area contributed by atoms with E-state index in [1.807, 2.05) is 0 Å². The molecule has 0 aromatic heterocycles. The van der Waals surface area contributed by atoms with E-state index in [9.17, 15) is 0 Å². The van der Waals surface area contributed by atoms with Gasteiger partial charge in [-0.05, 0) is 71.5 Å². The Balaban J connectivity index is 2.08. The van der Waals surface area contributed by atoms with Gasteiger partial charge in [-0.2, -0.15) is 0 Å². The second kappa shape index (κ2) is 5.47. The van der Waals surface area contributed by atoms with Crippen molar-refractivity contribution in [1.82, 2.24) is 0 Å². The van der Waals surface area contributed by atoms with E-state index in [1.165, 1.54) is 9.13 Å². The lowest BCUT2D eigenvalue weighted by atomic mass is 9.75. The zero-order valence-corrected chi connectivity index (χ0v) is 11.6. The van der Waals surface area contributed by atoms with Crippen LogP contribution < -0.4 is 5.73 Å². The monoisotopic (exact) mass is 331 g/mol. The van der Waals surface area contributed by atoms with E-state index < -0.39 is 0 Å². The first-order chi connectivity index (χ1) is 7.74. The van der Waals surface area contributed by atoms with Gasteiger partial charge >= 0.3 is 0 Å². The normalized spacial score (nSPS) is 19.6. The van der Waals surface area contributed by atoms with Gasteiger partial charge in [0, 0.05) is 16.8 Å². The first kappa shape index (κ1) is 12.3. The third-order valence-electron chi connectivity index (χ3n) is 3.48. The van der Waals surface area contributed by atoms with Crippen LogP contribution in [-0.2, 0) is 11.2 Å². The largest absolute Gasteiger partial charge is 0.381 e. The van der Waals surface area contributed by atoms with Crippen LogP contribution in [0.25, 0.3) is 0 Å². The molecular weight excluding hydrogens is 313 g/mol. The summed E-state index contributed by atoms with van der Waals surface area (Å²) in [6, 6.07) is 8.77. The molecular formula is C13H18INO. The van der Waals surface area contributed by atoms with E-state index in [4.69, 9.17) is 10.5 Å². The van der Waals surface area contributed by atoms with Crippen LogP contribution in [0.3, 0.4) is 0 Å². The van der Waals surface area contributed by atoms with Gasteiger partial charge in [0.05, 0.1) is 0 Å². The molecule has 0 saturated carbocycles. The van der Waals surface area contributed by atoms with Crippen LogP contribution in [0.2, 0.25) is 0 Å². The average molecular weight is 331 g/mol. The Morgan fingerprint density at radius 3 is 2.38 bits per heavy atom. The fourth-order valence-corrected chi connectivity index (χ4v) is 2.65. The molecule has 1 aromatic rings. The molecule has 2 N–H and O–H groups in total. The summed E-state index contributed by atoms with van der Waals surface area (Å²) in [6.45, 7) is 2.49. The van der Waals surface area contributed by atoms with Gasteiger partial charge in [-0.15, -0.1) is 0 Å². The maximum Gasteiger partial charge on any atom is 0.0471 e. The minimum atomic E-state index is 0.269. The highest BCUT2D eigenvalue weighted by molar-refractivity contribution is 14.1. The minimum absolute atomic E-state index is 0.269. The van der Waals surface area contributed by atoms with Crippen molar-refractivity contribution in [3.63, 3.8) is 0 Å². The fourth-order valence-electron chi connectivity index (χ4n) is 2.29. The smallest absolute Gasteiger partial charge is 0.0471 e. The molecule has 0 aliphatic carbocycles. The molecule has 0 radical (unpaired) electrons. The summed E-state index contributed by atoms with van der Waals surface area (Å²) in [7, 11) is 0. The summed E-state index contributed by atoms with van der Waals surface area (Å²) >= 11 is 2.34. The van der Waals surface area contributed by atoms with E-state index >= 15 is 0 Å². The number of hydrogen-bond acceptors (Lipinski definition) is 2. The Morgan fingerprint density at radius 1 is 1.19 bits per heavy atom. The SMILES string of the molecule is NCC1(Cc2ccc(I)cc2)CCOCC1. The van der Waals surface area contributed by atoms with E-state index in [1.54, 1.807) is 0 Å². The van der Waals surface area contributed by atoms with Gasteiger partial charge in [-0.1, -0.05) is 12.1 Å². The Hall–Kier alpha value is -0.130. The van der Waals surface area contributed by atoms with Gasteiger partial charge in [0.15, 0.2) is 0 Å². The van der Waals surface area contributed by atoms with E-state index in [-0.39, 0.29) is 5.41 Å². The predicted octanol–water partition coefficient (Wildman–Crippen LogP) is 2.59. The highest BCUT2D eigenvalue weighted by atomic mass is 127. The lowest BCUT2D eigenvalue weighted by molar-refractivity contribution is 0.0191. The maximum atomic E-state index is 5.96. The summed E-state index contributed by atoms with van der Waals surface area (Å²) in [5.41, 5.74) is 7.62. The predicted molar refractivity (Wildman–Crippen MR) is 74.4 cm³/mol. The van der Waals surface area contributed by atoms with Gasteiger partial charge in [-0.25, -0.2) is 0 Å². The van der Waals surface area contributed by atoms with Crippen LogP contribution in [0.5, 0.6) is 0 Å². The third-order valence-corrected chi connectivity index (χ3v) is 4.20. The van der Waals surface area contributed by atoms with Gasteiger partial charge in [0.25, 0.3) is 0 Å². The molecule has 1 fully saturated rings. The molecule has 1 aliphatic heterocycles. The molecule has 0 bridgehead atoms. The van der Waals surface area contributed by atoms with Gasteiger partial charge in [-0.3, -0.25) is 0 Å². The Morgan fingerprint density at radius 2 is 1.81 bits per heavy atom. The zero-order chi connectivity index (χ0) is 11.4. The first-order valence-corrected chi connectivity index (χ1v) is 6.84. The Bertz CT molecular complexity index is 330. The Kier molecular flexibility index (Phi) is 4.21. The average Bonchev–Trinajstić information content (AvgIpc) is 2.33. The molecule has 16 heavy (non-hydrogen) atoms. The first-order valence-electron chi connectivity index (χ1n) is 5.76. The van der Waals surface area contributed by atoms with Crippen molar-refractivity contribution in [1.29, 1.82) is 0 Å². The van der Waals surface area contributed by atoms with Crippen molar-refractivity contribution >= 4 is 22.6 Å². The molecule has 3 heteroatoms. The van der Waals surface area contributed by atoms with E-state index in [0.29, 0.717) is 0 Å². The maximum absolute atomic E-state index is 5.96. The topological polar surface area (TPSA) is 35.2 Å². The van der Waals surface area contributed by atoms with Crippen LogP contribution in [0, 0.1) is 8.99 Å².